The summed E-state index contributed by atoms with van der Waals surface area (Å²) in [7, 11) is 0. The molecule has 15 rings (SSSR count). The van der Waals surface area contributed by atoms with E-state index in [9.17, 15) is 5.11 Å². The quantitative estimate of drug-likeness (QED) is 0.117. The largest absolute Gasteiger partial charge is 0.505 e. The number of hydrogen-bond acceptors (Lipinski definition) is 4. The van der Waals surface area contributed by atoms with Gasteiger partial charge in [-0.05, 0) is 196 Å². The standard InChI is InChI=1S/C82H74N2O2/c1-5-54-25-13-15-35-62(54)58-31-19-32-59(49-58)64-37-21-41-74(80(64)85)83(60-33-17-23-52(3)47-60)76-50-72(56-27-9-7-10-28-56)65-44-46-71-77(51-73(57-29-11-8-12-30-57)66-43-45-70(76)78(65)79(66)71)84(61-34-18-24-53(4)48-61)75-42-22-40-69-68-39-20-38-67(81(68)86-82(69)75)63-36-16-14-26-55(63)6-2/h13-26,31-51,56-57,85H,5-12,27-30H2,1-4H3. The van der Waals surface area contributed by atoms with Gasteiger partial charge in [0.1, 0.15) is 11.3 Å². The van der Waals surface area contributed by atoms with Crippen LogP contribution in [0.4, 0.5) is 34.1 Å². The molecule has 0 amide bonds. The zero-order chi connectivity index (χ0) is 58.0. The van der Waals surface area contributed by atoms with Crippen LogP contribution < -0.4 is 9.80 Å². The van der Waals surface area contributed by atoms with E-state index in [2.05, 4.69) is 250 Å². The van der Waals surface area contributed by atoms with Gasteiger partial charge in [0, 0.05) is 44.0 Å². The molecule has 2 aliphatic carbocycles. The van der Waals surface area contributed by atoms with Crippen LogP contribution in [0.1, 0.15) is 123 Å². The number of fused-ring (bicyclic) bond motifs is 3. The average molecular weight is 1120 g/mol. The van der Waals surface area contributed by atoms with Crippen molar-refractivity contribution in [3.8, 4) is 39.1 Å². The Morgan fingerprint density at radius 3 is 1.42 bits per heavy atom. The second kappa shape index (κ2) is 22.4. The highest BCUT2D eigenvalue weighted by atomic mass is 16.3. The first-order valence-electron chi connectivity index (χ1n) is 31.9. The van der Waals surface area contributed by atoms with Crippen molar-refractivity contribution in [2.45, 2.75) is 117 Å². The Morgan fingerprint density at radius 2 is 0.826 bits per heavy atom. The number of anilines is 6. The minimum atomic E-state index is 0.261. The van der Waals surface area contributed by atoms with Gasteiger partial charge in [-0.15, -0.1) is 0 Å². The summed E-state index contributed by atoms with van der Waals surface area (Å²) in [5.41, 5.74) is 22.3. The molecule has 424 valence electrons. The highest BCUT2D eigenvalue weighted by Crippen LogP contribution is 2.55. The minimum Gasteiger partial charge on any atom is -0.505 e. The molecule has 12 aromatic carbocycles. The van der Waals surface area contributed by atoms with E-state index in [4.69, 9.17) is 4.42 Å². The van der Waals surface area contributed by atoms with Crippen LogP contribution in [0.25, 0.3) is 87.6 Å². The Kier molecular flexibility index (Phi) is 13.9. The second-order valence-corrected chi connectivity index (χ2v) is 24.8. The summed E-state index contributed by atoms with van der Waals surface area (Å²) in [5.74, 6) is 1.06. The number of phenolic OH excluding ortho intramolecular Hbond substituents is 1. The lowest BCUT2D eigenvalue weighted by Crippen LogP contribution is -2.15. The lowest BCUT2D eigenvalue weighted by atomic mass is 9.77. The van der Waals surface area contributed by atoms with Gasteiger partial charge in [-0.25, -0.2) is 0 Å². The van der Waals surface area contributed by atoms with Crippen LogP contribution >= 0.6 is 0 Å². The van der Waals surface area contributed by atoms with Crippen LogP contribution in [-0.4, -0.2) is 5.11 Å². The van der Waals surface area contributed by atoms with Gasteiger partial charge in [0.15, 0.2) is 5.58 Å². The SMILES string of the molecule is CCc1ccccc1-c1cccc(-c2cccc(N(c3cccc(C)c3)c3cc(C4CCCCC4)c4ccc5c(N(c6cccc(C)c6)c6cccc7c6oc6c(-c8ccccc8CC)cccc67)cc(C6CCCCC6)c6ccc3c4c65)c2O)c1. The van der Waals surface area contributed by atoms with Crippen LogP contribution in [0.5, 0.6) is 5.75 Å². The molecule has 1 aromatic heterocycles. The van der Waals surface area contributed by atoms with Gasteiger partial charge in [-0.2, -0.15) is 0 Å². The summed E-state index contributed by atoms with van der Waals surface area (Å²) in [4.78, 5) is 4.93. The van der Waals surface area contributed by atoms with Crippen molar-refractivity contribution in [2.75, 3.05) is 9.80 Å². The number of aromatic hydroxyl groups is 1. The van der Waals surface area contributed by atoms with Gasteiger partial charge in [0.2, 0.25) is 0 Å². The maximum atomic E-state index is 13.2. The third-order valence-electron chi connectivity index (χ3n) is 19.6. The number of nitrogens with zero attached hydrogens (tertiary/aromatic N) is 2. The first kappa shape index (κ1) is 53.6. The fourth-order valence-electron chi connectivity index (χ4n) is 15.4. The molecule has 0 atom stereocenters. The molecule has 0 unspecified atom stereocenters. The highest BCUT2D eigenvalue weighted by Gasteiger charge is 2.31. The molecule has 4 nitrogen and oxygen atoms in total. The fourth-order valence-corrected chi connectivity index (χ4v) is 15.4. The van der Waals surface area contributed by atoms with E-state index >= 15 is 0 Å². The number of hydrogen-bond donors (Lipinski definition) is 1. The zero-order valence-corrected chi connectivity index (χ0v) is 50.1. The molecule has 1 N–H and O–H groups in total. The third kappa shape index (κ3) is 9.19. The molecule has 2 fully saturated rings. The van der Waals surface area contributed by atoms with E-state index < -0.39 is 0 Å². The van der Waals surface area contributed by atoms with Gasteiger partial charge in [0.05, 0.1) is 22.7 Å². The number of para-hydroxylation sites is 3. The van der Waals surface area contributed by atoms with E-state index in [-0.39, 0.29) is 5.75 Å². The van der Waals surface area contributed by atoms with Gasteiger partial charge >= 0.3 is 0 Å². The fraction of sp³-hybridized carbons (Fsp3) is 0.220. The molecule has 13 aromatic rings. The molecule has 2 aliphatic rings. The predicted octanol–water partition coefficient (Wildman–Crippen LogP) is 24.0. The number of phenols is 1. The van der Waals surface area contributed by atoms with Crippen molar-refractivity contribution in [3.63, 3.8) is 0 Å². The Hall–Kier alpha value is -9.12. The summed E-state index contributed by atoms with van der Waals surface area (Å²) in [6, 6.07) is 78.9. The zero-order valence-electron chi connectivity index (χ0n) is 50.1. The molecule has 2 saturated carbocycles. The normalized spacial score (nSPS) is 14.3. The number of furan rings is 1. The molecule has 0 saturated heterocycles. The van der Waals surface area contributed by atoms with Crippen molar-refractivity contribution in [3.05, 3.63) is 246 Å². The van der Waals surface area contributed by atoms with E-state index in [0.29, 0.717) is 11.8 Å². The number of aryl methyl sites for hydroxylation is 4. The average Bonchev–Trinajstić information content (AvgIpc) is 0.930. The van der Waals surface area contributed by atoms with Crippen LogP contribution in [-0.2, 0) is 12.8 Å². The maximum absolute atomic E-state index is 13.2. The van der Waals surface area contributed by atoms with Crippen LogP contribution in [0, 0.1) is 13.8 Å². The van der Waals surface area contributed by atoms with Crippen molar-refractivity contribution in [1.82, 2.24) is 0 Å². The Morgan fingerprint density at radius 1 is 0.372 bits per heavy atom. The molecule has 0 aliphatic heterocycles. The molecule has 0 spiro atoms. The van der Waals surface area contributed by atoms with Crippen LogP contribution in [0.15, 0.2) is 217 Å². The van der Waals surface area contributed by atoms with Crippen LogP contribution in [0.2, 0.25) is 0 Å². The smallest absolute Gasteiger partial charge is 0.159 e. The molecule has 0 radical (unpaired) electrons. The monoisotopic (exact) mass is 1120 g/mol. The second-order valence-electron chi connectivity index (χ2n) is 24.8. The minimum absolute atomic E-state index is 0.261. The lowest BCUT2D eigenvalue weighted by Gasteiger charge is -2.33. The molecular weight excluding hydrogens is 1040 g/mol. The van der Waals surface area contributed by atoms with E-state index in [0.717, 1.165) is 110 Å². The topological polar surface area (TPSA) is 39.9 Å². The lowest BCUT2D eigenvalue weighted by molar-refractivity contribution is 0.445. The Bertz CT molecular complexity index is 4700. The predicted molar refractivity (Wildman–Crippen MR) is 365 cm³/mol. The van der Waals surface area contributed by atoms with E-state index in [1.165, 1.54) is 123 Å². The Balaban J connectivity index is 1.02. The Labute approximate surface area is 506 Å². The molecule has 0 bridgehead atoms. The van der Waals surface area contributed by atoms with Crippen molar-refractivity contribution >= 4 is 88.4 Å². The summed E-state index contributed by atoms with van der Waals surface area (Å²) < 4.78 is 7.43. The van der Waals surface area contributed by atoms with Gasteiger partial charge < -0.3 is 19.3 Å². The summed E-state index contributed by atoms with van der Waals surface area (Å²) in [5, 5.41) is 23.1. The van der Waals surface area contributed by atoms with Crippen molar-refractivity contribution in [2.24, 2.45) is 0 Å². The van der Waals surface area contributed by atoms with Gasteiger partial charge in [-0.3, -0.25) is 0 Å². The van der Waals surface area contributed by atoms with Crippen molar-refractivity contribution < 1.29 is 9.52 Å². The summed E-state index contributed by atoms with van der Waals surface area (Å²) in [6.07, 6.45) is 13.9. The van der Waals surface area contributed by atoms with E-state index in [1.807, 2.05) is 0 Å². The first-order valence-corrected chi connectivity index (χ1v) is 31.9. The van der Waals surface area contributed by atoms with Gasteiger partial charge in [0.25, 0.3) is 0 Å². The molecular formula is C82H74N2O2. The van der Waals surface area contributed by atoms with Gasteiger partial charge in [-0.1, -0.05) is 210 Å². The third-order valence-corrected chi connectivity index (χ3v) is 19.6. The van der Waals surface area contributed by atoms with Crippen molar-refractivity contribution in [1.29, 1.82) is 0 Å². The van der Waals surface area contributed by atoms with Crippen LogP contribution in [0.3, 0.4) is 0 Å². The maximum Gasteiger partial charge on any atom is 0.159 e. The first-order chi connectivity index (χ1) is 42.3. The molecule has 86 heavy (non-hydrogen) atoms. The highest BCUT2D eigenvalue weighted by molar-refractivity contribution is 6.30. The molecule has 1 heterocycles. The summed E-state index contributed by atoms with van der Waals surface area (Å²) >= 11 is 0. The van der Waals surface area contributed by atoms with E-state index in [1.54, 1.807) is 0 Å². The number of benzene rings is 12. The molecule has 4 heteroatoms. The summed E-state index contributed by atoms with van der Waals surface area (Å²) in [6.45, 7) is 8.85. The number of rotatable bonds is 13.